The van der Waals surface area contributed by atoms with Gasteiger partial charge in [-0.3, -0.25) is 0 Å². The van der Waals surface area contributed by atoms with Crippen molar-refractivity contribution in [1.29, 1.82) is 0 Å². The van der Waals surface area contributed by atoms with Crippen LogP contribution in [0, 0.1) is 13.8 Å². The van der Waals surface area contributed by atoms with E-state index in [0.29, 0.717) is 0 Å². The van der Waals surface area contributed by atoms with Crippen LogP contribution >= 0.6 is 45.2 Å². The fraction of sp³-hybridized carbons (Fsp3) is 0.294. The van der Waals surface area contributed by atoms with Gasteiger partial charge in [0.25, 0.3) is 0 Å². The Morgan fingerprint density at radius 1 is 0.732 bits per heavy atom. The van der Waals surface area contributed by atoms with Gasteiger partial charge in [0.2, 0.25) is 0 Å². The second-order valence-electron chi connectivity index (χ2n) is 10.5. The van der Waals surface area contributed by atoms with Crippen molar-refractivity contribution < 1.29 is 0 Å². The maximum atomic E-state index is 4.92. The molecular formula is C34H38ClN3S3. The molecule has 1 aliphatic carbocycles. The normalized spacial score (nSPS) is 17.1. The SMILES string of the molecule is CSCl.CSc1[nH]c2ccccc2c1C.Cc1c[nH]c2ccccc12.c1ccc2c3c([nH]c2c1)SC1CCC3CC1. The van der Waals surface area contributed by atoms with E-state index < -0.39 is 0 Å². The number of hydrogen-bond donors (Lipinski definition) is 3. The van der Waals surface area contributed by atoms with Gasteiger partial charge in [-0.05, 0) is 104 Å². The topological polar surface area (TPSA) is 47.4 Å². The monoisotopic (exact) mass is 619 g/mol. The molecule has 2 bridgehead atoms. The molecule has 1 fully saturated rings. The van der Waals surface area contributed by atoms with Crippen molar-refractivity contribution in [2.75, 3.05) is 12.5 Å². The Morgan fingerprint density at radius 3 is 1.90 bits per heavy atom. The first-order chi connectivity index (χ1) is 20.0. The van der Waals surface area contributed by atoms with Gasteiger partial charge < -0.3 is 15.0 Å². The van der Waals surface area contributed by atoms with Crippen LogP contribution in [0.4, 0.5) is 0 Å². The number of benzene rings is 3. The lowest BCUT2D eigenvalue weighted by atomic mass is 9.84. The Hall–Kier alpha value is -2.38. The van der Waals surface area contributed by atoms with Gasteiger partial charge in [-0.2, -0.15) is 0 Å². The Bertz CT molecular complexity index is 1710. The summed E-state index contributed by atoms with van der Waals surface area (Å²) >= 11 is 3.86. The van der Waals surface area contributed by atoms with E-state index in [0.717, 1.165) is 11.2 Å². The van der Waals surface area contributed by atoms with Crippen LogP contribution in [0.3, 0.4) is 0 Å². The maximum absolute atomic E-state index is 4.92. The van der Waals surface area contributed by atoms with Gasteiger partial charge in [0.05, 0.1) is 10.1 Å². The molecule has 0 unspecified atom stereocenters. The summed E-state index contributed by atoms with van der Waals surface area (Å²) in [5.74, 6) is 0.817. The molecule has 9 rings (SSSR count). The van der Waals surface area contributed by atoms with Gasteiger partial charge in [0.1, 0.15) is 0 Å². The zero-order chi connectivity index (χ0) is 28.8. The molecular weight excluding hydrogens is 582 g/mol. The number of thioether (sulfide) groups is 2. The fourth-order valence-electron chi connectivity index (χ4n) is 5.95. The van der Waals surface area contributed by atoms with Crippen LogP contribution in [-0.4, -0.2) is 32.7 Å². The summed E-state index contributed by atoms with van der Waals surface area (Å²) < 4.78 is 0. The fourth-order valence-corrected chi connectivity index (χ4v) is 7.99. The molecule has 3 aromatic heterocycles. The lowest BCUT2D eigenvalue weighted by molar-refractivity contribution is 0.459. The minimum absolute atomic E-state index is 0.817. The van der Waals surface area contributed by atoms with Crippen molar-refractivity contribution in [3.63, 3.8) is 0 Å². The lowest BCUT2D eigenvalue weighted by Crippen LogP contribution is -2.10. The predicted molar refractivity (Wildman–Crippen MR) is 186 cm³/mol. The molecule has 6 aromatic rings. The summed E-state index contributed by atoms with van der Waals surface area (Å²) in [6, 6.07) is 25.5. The molecule has 3 aromatic carbocycles. The van der Waals surface area contributed by atoms with Gasteiger partial charge in [-0.15, -0.1) is 23.5 Å². The van der Waals surface area contributed by atoms with E-state index in [9.17, 15) is 0 Å². The quantitative estimate of drug-likeness (QED) is 0.160. The first kappa shape index (κ1) is 30.1. The van der Waals surface area contributed by atoms with Gasteiger partial charge in [-0.25, -0.2) is 0 Å². The Labute approximate surface area is 260 Å². The highest BCUT2D eigenvalue weighted by Gasteiger charge is 2.32. The summed E-state index contributed by atoms with van der Waals surface area (Å²) in [6.45, 7) is 4.27. The highest BCUT2D eigenvalue weighted by atomic mass is 35.7. The summed E-state index contributed by atoms with van der Waals surface area (Å²) in [4.78, 5) is 10.2. The van der Waals surface area contributed by atoms with Gasteiger partial charge >= 0.3 is 0 Å². The molecule has 1 saturated carbocycles. The van der Waals surface area contributed by atoms with Crippen molar-refractivity contribution in [3.8, 4) is 0 Å². The van der Waals surface area contributed by atoms with Crippen molar-refractivity contribution >= 4 is 77.9 Å². The van der Waals surface area contributed by atoms with Crippen molar-refractivity contribution in [2.45, 2.75) is 60.8 Å². The molecule has 2 aliphatic heterocycles. The van der Waals surface area contributed by atoms with E-state index in [1.165, 1.54) is 90.5 Å². The molecule has 41 heavy (non-hydrogen) atoms. The highest BCUT2D eigenvalue weighted by Crippen LogP contribution is 2.50. The summed E-state index contributed by atoms with van der Waals surface area (Å²) in [6.07, 6.45) is 11.5. The van der Waals surface area contributed by atoms with Gasteiger partial charge in [0, 0.05) is 44.2 Å². The van der Waals surface area contributed by atoms with Crippen LogP contribution < -0.4 is 0 Å². The first-order valence-electron chi connectivity index (χ1n) is 14.1. The number of halogens is 1. The molecule has 0 atom stereocenters. The molecule has 7 heteroatoms. The third-order valence-corrected chi connectivity index (χ3v) is 10.2. The standard InChI is InChI=1S/C14H15NS.C10H11NS.C9H9N.CH3ClS/c1-2-4-12-11(3-1)13-9-5-7-10(8-6-9)16-14(13)15-12;1-7-8-5-3-4-6-9(8)11-10(7)12-2;1-7-6-10-9-5-3-2-4-8(7)9;1-3-2/h1-4,9-10,15H,5-8H2;3-6,11H,1-2H3;2-6,10H,1H3;1H3. The second-order valence-corrected chi connectivity index (χ2v) is 13.9. The summed E-state index contributed by atoms with van der Waals surface area (Å²) in [5.41, 5.74) is 8.08. The predicted octanol–water partition coefficient (Wildman–Crippen LogP) is 11.5. The van der Waals surface area contributed by atoms with E-state index in [4.69, 9.17) is 10.7 Å². The van der Waals surface area contributed by atoms with E-state index in [1.54, 1.807) is 17.3 Å². The number of H-pyrrole nitrogens is 3. The smallest absolute Gasteiger partial charge is 0.0770 e. The van der Waals surface area contributed by atoms with Crippen molar-refractivity contribution in [1.82, 2.24) is 15.0 Å². The zero-order valence-electron chi connectivity index (χ0n) is 24.1. The number of hydrogen-bond acceptors (Lipinski definition) is 3. The largest absolute Gasteiger partial charge is 0.361 e. The van der Waals surface area contributed by atoms with Gasteiger partial charge in [0.15, 0.2) is 0 Å². The molecule has 0 radical (unpaired) electrons. The van der Waals surface area contributed by atoms with E-state index in [2.05, 4.69) is 114 Å². The Kier molecular flexibility index (Phi) is 10.4. The average molecular weight is 620 g/mol. The molecule has 3 aliphatic rings. The molecule has 214 valence electrons. The highest BCUT2D eigenvalue weighted by molar-refractivity contribution is 8.20. The second kappa shape index (κ2) is 14.2. The van der Waals surface area contributed by atoms with E-state index in [1.807, 2.05) is 18.5 Å². The molecule has 3 N–H and O–H groups in total. The van der Waals surface area contributed by atoms with Crippen molar-refractivity contribution in [3.05, 3.63) is 95.7 Å². The molecule has 0 spiro atoms. The molecule has 5 heterocycles. The van der Waals surface area contributed by atoms with Crippen LogP contribution in [-0.2, 0) is 0 Å². The minimum Gasteiger partial charge on any atom is -0.361 e. The molecule has 3 nitrogen and oxygen atoms in total. The summed E-state index contributed by atoms with van der Waals surface area (Å²) in [5, 5.41) is 7.73. The summed E-state index contributed by atoms with van der Waals surface area (Å²) in [7, 11) is 6.14. The van der Waals surface area contributed by atoms with E-state index in [-0.39, 0.29) is 0 Å². The van der Waals surface area contributed by atoms with Crippen molar-refractivity contribution in [2.24, 2.45) is 0 Å². The number of aromatic nitrogens is 3. The van der Waals surface area contributed by atoms with Crippen LogP contribution in [0.5, 0.6) is 0 Å². The first-order valence-corrected chi connectivity index (χ1v) is 18.3. The average Bonchev–Trinajstić information content (AvgIpc) is 3.60. The number of aryl methyl sites for hydroxylation is 2. The van der Waals surface area contributed by atoms with Crippen LogP contribution in [0.25, 0.3) is 32.7 Å². The third-order valence-electron chi connectivity index (χ3n) is 8.00. The number of aromatic amines is 3. The number of nitrogens with one attached hydrogen (secondary N) is 3. The van der Waals surface area contributed by atoms with Gasteiger partial charge in [-0.1, -0.05) is 65.6 Å². The molecule has 0 amide bonds. The van der Waals surface area contributed by atoms with Crippen LogP contribution in [0.1, 0.15) is 48.3 Å². The van der Waals surface area contributed by atoms with Crippen LogP contribution in [0.2, 0.25) is 0 Å². The Balaban J connectivity index is 0.000000121. The lowest BCUT2D eigenvalue weighted by Gasteiger charge is -2.22. The number of rotatable bonds is 1. The third kappa shape index (κ3) is 6.83. The minimum atomic E-state index is 0.817. The maximum Gasteiger partial charge on any atom is 0.0770 e. The zero-order valence-corrected chi connectivity index (χ0v) is 27.3. The Morgan fingerprint density at radius 2 is 1.29 bits per heavy atom. The molecule has 0 saturated heterocycles. The number of para-hydroxylation sites is 3. The van der Waals surface area contributed by atoms with E-state index >= 15 is 0 Å². The van der Waals surface area contributed by atoms with Crippen LogP contribution in [0.15, 0.2) is 89.0 Å². The number of fused-ring (bicyclic) bond motifs is 5.